The van der Waals surface area contributed by atoms with Crippen molar-refractivity contribution in [2.75, 3.05) is 0 Å². The van der Waals surface area contributed by atoms with Crippen molar-refractivity contribution in [1.82, 2.24) is 15.0 Å². The van der Waals surface area contributed by atoms with E-state index in [2.05, 4.69) is 26.2 Å². The van der Waals surface area contributed by atoms with Gasteiger partial charge < -0.3 is 5.11 Å². The van der Waals surface area contributed by atoms with Crippen LogP contribution in [0.5, 0.6) is 0 Å². The summed E-state index contributed by atoms with van der Waals surface area (Å²) in [5.74, 6) is 0. The van der Waals surface area contributed by atoms with Crippen molar-refractivity contribution in [3.63, 3.8) is 0 Å². The molecule has 2 rings (SSSR count). The molecular formula is C11H12BrN3O. The zero-order valence-electron chi connectivity index (χ0n) is 8.84. The molecule has 1 aromatic carbocycles. The number of hydrogen-bond donors (Lipinski definition) is 1. The maximum absolute atomic E-state index is 9.62. The van der Waals surface area contributed by atoms with Gasteiger partial charge in [-0.3, -0.25) is 0 Å². The van der Waals surface area contributed by atoms with E-state index in [-0.39, 0.29) is 0 Å². The smallest absolute Gasteiger partial charge is 0.112 e. The topological polar surface area (TPSA) is 50.9 Å². The lowest BCUT2D eigenvalue weighted by Gasteiger charge is -2.01. The minimum Gasteiger partial charge on any atom is -0.387 e. The summed E-state index contributed by atoms with van der Waals surface area (Å²) in [6, 6.07) is 7.75. The Morgan fingerprint density at radius 1 is 1.50 bits per heavy atom. The summed E-state index contributed by atoms with van der Waals surface area (Å²) >= 11 is 3.40. The van der Waals surface area contributed by atoms with E-state index in [0.29, 0.717) is 12.1 Å². The first-order chi connectivity index (χ1) is 7.70. The Morgan fingerprint density at radius 2 is 2.31 bits per heavy atom. The molecule has 0 radical (unpaired) electrons. The maximum atomic E-state index is 9.62. The normalized spacial score (nSPS) is 12.7. The van der Waals surface area contributed by atoms with Crippen LogP contribution in [0.25, 0.3) is 5.69 Å². The van der Waals surface area contributed by atoms with E-state index in [4.69, 9.17) is 0 Å². The van der Waals surface area contributed by atoms with E-state index >= 15 is 0 Å². The predicted molar refractivity (Wildman–Crippen MR) is 64.3 cm³/mol. The number of halogens is 1. The summed E-state index contributed by atoms with van der Waals surface area (Å²) in [5, 5.41) is 17.5. The van der Waals surface area contributed by atoms with E-state index in [1.54, 1.807) is 10.9 Å². The van der Waals surface area contributed by atoms with Crippen molar-refractivity contribution in [1.29, 1.82) is 0 Å². The highest BCUT2D eigenvalue weighted by Gasteiger charge is 2.10. The highest BCUT2D eigenvalue weighted by atomic mass is 79.9. The molecule has 16 heavy (non-hydrogen) atoms. The number of aromatic nitrogens is 3. The average molecular weight is 282 g/mol. The molecule has 4 nitrogen and oxygen atoms in total. The second kappa shape index (κ2) is 4.76. The lowest BCUT2D eigenvalue weighted by molar-refractivity contribution is 0.169. The van der Waals surface area contributed by atoms with Crippen molar-refractivity contribution in [3.8, 4) is 5.69 Å². The molecule has 1 N–H and O–H groups in total. The Balaban J connectivity index is 2.31. The summed E-state index contributed by atoms with van der Waals surface area (Å²) in [6.45, 7) is 1.91. The molecule has 0 fully saturated rings. The van der Waals surface area contributed by atoms with E-state index < -0.39 is 6.10 Å². The largest absolute Gasteiger partial charge is 0.387 e. The van der Waals surface area contributed by atoms with Gasteiger partial charge in [-0.05, 0) is 24.6 Å². The Labute approximate surface area is 102 Å². The molecule has 5 heteroatoms. The van der Waals surface area contributed by atoms with Crippen LogP contribution in [0, 0.1) is 0 Å². The van der Waals surface area contributed by atoms with Gasteiger partial charge >= 0.3 is 0 Å². The Bertz CT molecular complexity index is 484. The first-order valence-electron chi connectivity index (χ1n) is 5.07. The number of rotatable bonds is 3. The molecule has 0 bridgehead atoms. The fraction of sp³-hybridized carbons (Fsp3) is 0.273. The summed E-state index contributed by atoms with van der Waals surface area (Å²) in [4.78, 5) is 0. The maximum Gasteiger partial charge on any atom is 0.112 e. The fourth-order valence-electron chi connectivity index (χ4n) is 1.38. The van der Waals surface area contributed by atoms with E-state index in [1.165, 1.54) is 0 Å². The van der Waals surface area contributed by atoms with Crippen molar-refractivity contribution in [2.24, 2.45) is 0 Å². The molecule has 84 valence electrons. The number of aliphatic hydroxyl groups excluding tert-OH is 1. The van der Waals surface area contributed by atoms with Crippen LogP contribution < -0.4 is 0 Å². The van der Waals surface area contributed by atoms with Gasteiger partial charge in [0.05, 0.1) is 18.0 Å². The number of aliphatic hydroxyl groups is 1. The van der Waals surface area contributed by atoms with Gasteiger partial charge in [-0.1, -0.05) is 34.1 Å². The molecule has 0 saturated carbocycles. The molecule has 0 aliphatic rings. The van der Waals surface area contributed by atoms with Gasteiger partial charge in [0.1, 0.15) is 5.69 Å². The third-order valence-electron chi connectivity index (χ3n) is 2.31. The second-order valence-electron chi connectivity index (χ2n) is 3.49. The molecule has 1 unspecified atom stereocenters. The number of hydrogen-bond acceptors (Lipinski definition) is 3. The molecular weight excluding hydrogens is 270 g/mol. The standard InChI is InChI=1S/C11H12BrN3O/c1-2-11(16)10-7-15(14-13-10)9-5-3-4-8(12)6-9/h3-7,11,16H,2H2,1H3. The van der Waals surface area contributed by atoms with Gasteiger partial charge in [-0.15, -0.1) is 5.10 Å². The van der Waals surface area contributed by atoms with Crippen molar-refractivity contribution >= 4 is 15.9 Å². The number of nitrogens with zero attached hydrogens (tertiary/aromatic N) is 3. The van der Waals surface area contributed by atoms with Crippen molar-refractivity contribution < 1.29 is 5.11 Å². The molecule has 2 aromatic rings. The SMILES string of the molecule is CCC(O)c1cn(-c2cccc(Br)c2)nn1. The van der Waals surface area contributed by atoms with Crippen LogP contribution in [0.3, 0.4) is 0 Å². The van der Waals surface area contributed by atoms with Crippen LogP contribution in [0.4, 0.5) is 0 Å². The zero-order valence-corrected chi connectivity index (χ0v) is 10.4. The van der Waals surface area contributed by atoms with E-state index in [1.807, 2.05) is 31.2 Å². The minimum absolute atomic E-state index is 0.541. The van der Waals surface area contributed by atoms with Gasteiger partial charge in [-0.25, -0.2) is 4.68 Å². The average Bonchev–Trinajstić information content (AvgIpc) is 2.77. The fourth-order valence-corrected chi connectivity index (χ4v) is 1.77. The number of benzene rings is 1. The quantitative estimate of drug-likeness (QED) is 0.940. The van der Waals surface area contributed by atoms with E-state index in [9.17, 15) is 5.11 Å². The molecule has 0 saturated heterocycles. The highest BCUT2D eigenvalue weighted by molar-refractivity contribution is 9.10. The molecule has 0 aliphatic heterocycles. The van der Waals surface area contributed by atoms with Crippen LogP contribution in [-0.4, -0.2) is 20.1 Å². The third-order valence-corrected chi connectivity index (χ3v) is 2.81. The lowest BCUT2D eigenvalue weighted by atomic mass is 10.2. The highest BCUT2D eigenvalue weighted by Crippen LogP contribution is 2.17. The van der Waals surface area contributed by atoms with Crippen LogP contribution >= 0.6 is 15.9 Å². The monoisotopic (exact) mass is 281 g/mol. The van der Waals surface area contributed by atoms with Gasteiger partial charge in [0.15, 0.2) is 0 Å². The molecule has 1 atom stereocenters. The third kappa shape index (κ3) is 2.31. The van der Waals surface area contributed by atoms with Gasteiger partial charge in [0.25, 0.3) is 0 Å². The molecule has 1 aromatic heterocycles. The summed E-state index contributed by atoms with van der Waals surface area (Å²) in [6.07, 6.45) is 1.84. The summed E-state index contributed by atoms with van der Waals surface area (Å²) in [7, 11) is 0. The lowest BCUT2D eigenvalue weighted by Crippen LogP contribution is -1.95. The van der Waals surface area contributed by atoms with Crippen molar-refractivity contribution in [2.45, 2.75) is 19.4 Å². The molecule has 1 heterocycles. The van der Waals surface area contributed by atoms with Crippen LogP contribution in [0.2, 0.25) is 0 Å². The summed E-state index contributed by atoms with van der Waals surface area (Å²) in [5.41, 5.74) is 1.51. The zero-order chi connectivity index (χ0) is 11.5. The van der Waals surface area contributed by atoms with Crippen LogP contribution in [0.1, 0.15) is 25.1 Å². The van der Waals surface area contributed by atoms with Crippen molar-refractivity contribution in [3.05, 3.63) is 40.6 Å². The predicted octanol–water partition coefficient (Wildman–Crippen LogP) is 2.47. The molecule has 0 aliphatic carbocycles. The minimum atomic E-state index is -0.541. The first-order valence-corrected chi connectivity index (χ1v) is 5.86. The molecule has 0 amide bonds. The van der Waals surface area contributed by atoms with Gasteiger partial charge in [0, 0.05) is 4.47 Å². The van der Waals surface area contributed by atoms with E-state index in [0.717, 1.165) is 10.2 Å². The summed E-state index contributed by atoms with van der Waals surface area (Å²) < 4.78 is 2.64. The van der Waals surface area contributed by atoms with Crippen LogP contribution in [0.15, 0.2) is 34.9 Å². The Hall–Kier alpha value is -1.20. The first kappa shape index (κ1) is 11.3. The van der Waals surface area contributed by atoms with Gasteiger partial charge in [-0.2, -0.15) is 0 Å². The second-order valence-corrected chi connectivity index (χ2v) is 4.41. The Morgan fingerprint density at radius 3 is 3.00 bits per heavy atom. The van der Waals surface area contributed by atoms with Gasteiger partial charge in [0.2, 0.25) is 0 Å². The van der Waals surface area contributed by atoms with Crippen LogP contribution in [-0.2, 0) is 0 Å². The Kier molecular flexibility index (Phi) is 3.36. The molecule has 0 spiro atoms.